The maximum absolute atomic E-state index is 10.1. The van der Waals surface area contributed by atoms with E-state index >= 15 is 0 Å². The van der Waals surface area contributed by atoms with Crippen molar-refractivity contribution in [2.45, 2.75) is 32.4 Å². The molecule has 0 radical (unpaired) electrons. The van der Waals surface area contributed by atoms with E-state index in [9.17, 15) is 5.11 Å². The van der Waals surface area contributed by atoms with Gasteiger partial charge in [0.15, 0.2) is 0 Å². The second-order valence-corrected chi connectivity index (χ2v) is 5.27. The molecule has 1 fully saturated rings. The number of rotatable bonds is 4. The molecule has 1 aliphatic rings. The van der Waals surface area contributed by atoms with E-state index < -0.39 is 0 Å². The van der Waals surface area contributed by atoms with Crippen LogP contribution in [-0.4, -0.2) is 14.7 Å². The zero-order valence-electron chi connectivity index (χ0n) is 10.6. The van der Waals surface area contributed by atoms with Crippen LogP contribution < -0.4 is 0 Å². The summed E-state index contributed by atoms with van der Waals surface area (Å²) in [5.74, 6) is 0.487. The SMILES string of the molecule is Cc1cncc(Cn2ccc(C(O)C3CC3)c2)c1. The van der Waals surface area contributed by atoms with Gasteiger partial charge in [0.2, 0.25) is 0 Å². The van der Waals surface area contributed by atoms with E-state index in [0.29, 0.717) is 5.92 Å². The Bertz CT molecular complexity index is 543. The third-order valence-corrected chi connectivity index (χ3v) is 3.48. The lowest BCUT2D eigenvalue weighted by molar-refractivity contribution is 0.154. The molecule has 0 spiro atoms. The van der Waals surface area contributed by atoms with Crippen molar-refractivity contribution in [2.24, 2.45) is 5.92 Å². The zero-order valence-corrected chi connectivity index (χ0v) is 10.6. The van der Waals surface area contributed by atoms with Crippen LogP contribution in [-0.2, 0) is 6.54 Å². The van der Waals surface area contributed by atoms with Crippen molar-refractivity contribution in [2.75, 3.05) is 0 Å². The van der Waals surface area contributed by atoms with Crippen LogP contribution in [0, 0.1) is 12.8 Å². The van der Waals surface area contributed by atoms with Crippen molar-refractivity contribution in [3.63, 3.8) is 0 Å². The second-order valence-electron chi connectivity index (χ2n) is 5.27. The molecule has 0 aliphatic heterocycles. The molecule has 3 nitrogen and oxygen atoms in total. The number of pyridine rings is 1. The molecule has 2 heterocycles. The van der Waals surface area contributed by atoms with Crippen molar-refractivity contribution < 1.29 is 5.11 Å². The molecule has 0 bridgehead atoms. The molecule has 0 aromatic carbocycles. The third kappa shape index (κ3) is 2.46. The number of nitrogens with zero attached hydrogens (tertiary/aromatic N) is 2. The Morgan fingerprint density at radius 1 is 1.44 bits per heavy atom. The predicted molar refractivity (Wildman–Crippen MR) is 70.2 cm³/mol. The molecule has 2 aromatic rings. The summed E-state index contributed by atoms with van der Waals surface area (Å²) in [4.78, 5) is 4.20. The predicted octanol–water partition coefficient (Wildman–Crippen LogP) is 2.68. The summed E-state index contributed by atoms with van der Waals surface area (Å²) < 4.78 is 2.11. The highest BCUT2D eigenvalue weighted by Gasteiger charge is 2.31. The van der Waals surface area contributed by atoms with Crippen LogP contribution >= 0.6 is 0 Å². The van der Waals surface area contributed by atoms with E-state index in [4.69, 9.17) is 0 Å². The average molecular weight is 242 g/mol. The minimum absolute atomic E-state index is 0.276. The van der Waals surface area contributed by atoms with Gasteiger partial charge in [0.25, 0.3) is 0 Å². The van der Waals surface area contributed by atoms with Gasteiger partial charge < -0.3 is 9.67 Å². The van der Waals surface area contributed by atoms with E-state index in [1.54, 1.807) is 0 Å². The van der Waals surface area contributed by atoms with Crippen LogP contribution in [0.15, 0.2) is 36.9 Å². The number of aryl methyl sites for hydroxylation is 1. The first-order chi connectivity index (χ1) is 8.72. The van der Waals surface area contributed by atoms with Gasteiger partial charge in [-0.3, -0.25) is 4.98 Å². The van der Waals surface area contributed by atoms with Crippen LogP contribution in [0.25, 0.3) is 0 Å². The molecule has 1 N–H and O–H groups in total. The minimum Gasteiger partial charge on any atom is -0.388 e. The van der Waals surface area contributed by atoms with Crippen molar-refractivity contribution in [3.8, 4) is 0 Å². The Hall–Kier alpha value is -1.61. The Morgan fingerprint density at radius 3 is 3.00 bits per heavy atom. The van der Waals surface area contributed by atoms with Gasteiger partial charge in [0.05, 0.1) is 6.10 Å². The van der Waals surface area contributed by atoms with Crippen LogP contribution in [0.2, 0.25) is 0 Å². The maximum atomic E-state index is 10.1. The van der Waals surface area contributed by atoms with Crippen molar-refractivity contribution >= 4 is 0 Å². The molecule has 0 amide bonds. The number of aliphatic hydroxyl groups is 1. The summed E-state index contributed by atoms with van der Waals surface area (Å²) in [6.45, 7) is 2.86. The fraction of sp³-hybridized carbons (Fsp3) is 0.400. The van der Waals surface area contributed by atoms with E-state index in [1.165, 1.54) is 11.1 Å². The fourth-order valence-electron chi connectivity index (χ4n) is 2.33. The summed E-state index contributed by atoms with van der Waals surface area (Å²) in [5.41, 5.74) is 3.41. The summed E-state index contributed by atoms with van der Waals surface area (Å²) in [6.07, 6.45) is 9.88. The summed E-state index contributed by atoms with van der Waals surface area (Å²) in [5, 5.41) is 10.1. The zero-order chi connectivity index (χ0) is 12.5. The normalized spacial score (nSPS) is 16.8. The highest BCUT2D eigenvalue weighted by molar-refractivity contribution is 5.20. The van der Waals surface area contributed by atoms with Crippen molar-refractivity contribution in [1.29, 1.82) is 0 Å². The molecular weight excluding hydrogens is 224 g/mol. The van der Waals surface area contributed by atoms with Gasteiger partial charge in [-0.05, 0) is 48.4 Å². The first-order valence-corrected chi connectivity index (χ1v) is 6.46. The van der Waals surface area contributed by atoms with Crippen LogP contribution in [0.1, 0.15) is 35.6 Å². The van der Waals surface area contributed by atoms with Gasteiger partial charge in [0.1, 0.15) is 0 Å². The lowest BCUT2D eigenvalue weighted by Crippen LogP contribution is -2.00. The Balaban J connectivity index is 1.73. The number of aromatic nitrogens is 2. The molecule has 1 aliphatic carbocycles. The van der Waals surface area contributed by atoms with Gasteiger partial charge in [-0.1, -0.05) is 6.07 Å². The average Bonchev–Trinajstić information content (AvgIpc) is 3.09. The van der Waals surface area contributed by atoms with Gasteiger partial charge in [-0.2, -0.15) is 0 Å². The van der Waals surface area contributed by atoms with Gasteiger partial charge >= 0.3 is 0 Å². The first-order valence-electron chi connectivity index (χ1n) is 6.46. The van der Waals surface area contributed by atoms with Gasteiger partial charge in [-0.15, -0.1) is 0 Å². The topological polar surface area (TPSA) is 38.0 Å². The van der Waals surface area contributed by atoms with Crippen LogP contribution in [0.3, 0.4) is 0 Å². The number of aliphatic hydroxyl groups excluding tert-OH is 1. The van der Waals surface area contributed by atoms with E-state index in [-0.39, 0.29) is 6.10 Å². The van der Waals surface area contributed by atoms with Crippen molar-refractivity contribution in [1.82, 2.24) is 9.55 Å². The molecule has 0 saturated heterocycles. The van der Waals surface area contributed by atoms with Gasteiger partial charge in [-0.25, -0.2) is 0 Å². The highest BCUT2D eigenvalue weighted by atomic mass is 16.3. The smallest absolute Gasteiger partial charge is 0.0832 e. The molecular formula is C15H18N2O. The minimum atomic E-state index is -0.276. The Kier molecular flexibility index (Phi) is 2.92. The summed E-state index contributed by atoms with van der Waals surface area (Å²) in [6, 6.07) is 4.16. The molecule has 94 valence electrons. The first kappa shape index (κ1) is 11.5. The summed E-state index contributed by atoms with van der Waals surface area (Å²) >= 11 is 0. The molecule has 1 saturated carbocycles. The van der Waals surface area contributed by atoms with Crippen LogP contribution in [0.5, 0.6) is 0 Å². The molecule has 2 aromatic heterocycles. The largest absolute Gasteiger partial charge is 0.388 e. The lowest BCUT2D eigenvalue weighted by atomic mass is 10.1. The third-order valence-electron chi connectivity index (χ3n) is 3.48. The molecule has 3 heteroatoms. The van der Waals surface area contributed by atoms with E-state index in [1.807, 2.05) is 30.9 Å². The maximum Gasteiger partial charge on any atom is 0.0832 e. The van der Waals surface area contributed by atoms with Crippen LogP contribution in [0.4, 0.5) is 0 Å². The molecule has 3 rings (SSSR count). The summed E-state index contributed by atoms with van der Waals surface area (Å²) in [7, 11) is 0. The molecule has 18 heavy (non-hydrogen) atoms. The second kappa shape index (κ2) is 4.58. The van der Waals surface area contributed by atoms with Crippen molar-refractivity contribution in [3.05, 3.63) is 53.6 Å². The van der Waals surface area contributed by atoms with E-state index in [0.717, 1.165) is 24.9 Å². The standard InChI is InChI=1S/C15H18N2O/c1-11-6-12(8-16-7-11)9-17-5-4-14(10-17)15(18)13-2-3-13/h4-8,10,13,15,18H,2-3,9H2,1H3. The number of hydrogen-bond donors (Lipinski definition) is 1. The van der Waals surface area contributed by atoms with Gasteiger partial charge in [0, 0.05) is 31.3 Å². The fourth-order valence-corrected chi connectivity index (χ4v) is 2.33. The Labute approximate surface area is 107 Å². The Morgan fingerprint density at radius 2 is 2.28 bits per heavy atom. The van der Waals surface area contributed by atoms with E-state index in [2.05, 4.69) is 22.5 Å². The highest BCUT2D eigenvalue weighted by Crippen LogP contribution is 2.40. The quantitative estimate of drug-likeness (QED) is 0.895. The molecule has 1 atom stereocenters. The monoisotopic (exact) mass is 242 g/mol. The lowest BCUT2D eigenvalue weighted by Gasteiger charge is -2.06. The molecule has 1 unspecified atom stereocenters. The number of hydrogen-bond acceptors (Lipinski definition) is 2.